The van der Waals surface area contributed by atoms with Gasteiger partial charge in [-0.05, 0) is 29.3 Å². The van der Waals surface area contributed by atoms with Gasteiger partial charge >= 0.3 is 0 Å². The Hall–Kier alpha value is -3.34. The highest BCUT2D eigenvalue weighted by Gasteiger charge is 2.30. The van der Waals surface area contributed by atoms with Gasteiger partial charge in [0, 0.05) is 6.42 Å². The van der Waals surface area contributed by atoms with Crippen LogP contribution in [0.15, 0.2) is 78.9 Å². The maximum atomic E-state index is 13.9. The first-order chi connectivity index (χ1) is 13.7. The fourth-order valence-electron chi connectivity index (χ4n) is 3.23. The van der Waals surface area contributed by atoms with Crippen LogP contribution in [0.25, 0.3) is 0 Å². The highest BCUT2D eigenvalue weighted by Crippen LogP contribution is 2.28. The summed E-state index contributed by atoms with van der Waals surface area (Å²) in [5, 5.41) is 2.99. The Labute approximate surface area is 162 Å². The molecule has 0 spiro atoms. The van der Waals surface area contributed by atoms with Gasteiger partial charge in [-0.25, -0.2) is 4.39 Å². The minimum Gasteiger partial charge on any atom is -0.488 e. The van der Waals surface area contributed by atoms with E-state index in [1.165, 1.54) is 6.07 Å². The molecule has 0 aromatic heterocycles. The third-order valence-corrected chi connectivity index (χ3v) is 4.70. The summed E-state index contributed by atoms with van der Waals surface area (Å²) in [6.07, 6.45) is -0.0606. The van der Waals surface area contributed by atoms with Crippen LogP contribution in [0.1, 0.15) is 17.2 Å². The molecule has 4 nitrogen and oxygen atoms in total. The van der Waals surface area contributed by atoms with Crippen molar-refractivity contribution in [1.82, 2.24) is 5.32 Å². The number of fused-ring (bicyclic) bond motifs is 1. The highest BCUT2D eigenvalue weighted by molar-refractivity contribution is 5.83. The van der Waals surface area contributed by atoms with Crippen LogP contribution >= 0.6 is 0 Å². The van der Waals surface area contributed by atoms with E-state index in [1.807, 2.05) is 54.6 Å². The summed E-state index contributed by atoms with van der Waals surface area (Å²) in [5.74, 6) is 0.237. The van der Waals surface area contributed by atoms with E-state index in [0.717, 1.165) is 16.9 Å². The molecule has 142 valence electrons. The van der Waals surface area contributed by atoms with Gasteiger partial charge in [0.2, 0.25) is 0 Å². The van der Waals surface area contributed by atoms with Crippen LogP contribution in [0.4, 0.5) is 4.39 Å². The molecule has 0 fully saturated rings. The summed E-state index contributed by atoms with van der Waals surface area (Å²) < 4.78 is 25.3. The number of carbonyl (C=O) groups excluding carboxylic acids is 1. The molecule has 0 radical (unpaired) electrons. The molecule has 1 heterocycles. The number of ether oxygens (including phenoxy) is 2. The Morgan fingerprint density at radius 3 is 2.54 bits per heavy atom. The molecule has 0 bridgehead atoms. The Morgan fingerprint density at radius 1 is 1.04 bits per heavy atom. The molecule has 28 heavy (non-hydrogen) atoms. The predicted octanol–water partition coefficient (Wildman–Crippen LogP) is 4.07. The van der Waals surface area contributed by atoms with Crippen LogP contribution in [-0.2, 0) is 11.2 Å². The van der Waals surface area contributed by atoms with Gasteiger partial charge in [-0.1, -0.05) is 60.7 Å². The second-order valence-electron chi connectivity index (χ2n) is 6.63. The van der Waals surface area contributed by atoms with Crippen LogP contribution < -0.4 is 14.8 Å². The van der Waals surface area contributed by atoms with E-state index in [0.29, 0.717) is 6.42 Å². The van der Waals surface area contributed by atoms with Crippen LogP contribution in [-0.4, -0.2) is 18.6 Å². The smallest absolute Gasteiger partial charge is 0.262 e. The van der Waals surface area contributed by atoms with E-state index in [-0.39, 0.29) is 18.3 Å². The normalized spacial score (nSPS) is 16.0. The number of rotatable bonds is 6. The molecule has 0 saturated carbocycles. The molecule has 5 heteroatoms. The van der Waals surface area contributed by atoms with Crippen molar-refractivity contribution in [2.24, 2.45) is 0 Å². The van der Waals surface area contributed by atoms with Crippen LogP contribution in [0, 0.1) is 5.82 Å². The second kappa shape index (κ2) is 8.13. The minimum atomic E-state index is -0.586. The lowest BCUT2D eigenvalue weighted by molar-refractivity contribution is -0.128. The summed E-state index contributed by atoms with van der Waals surface area (Å²) in [6.45, 7) is 0.107. The molecule has 2 unspecified atom stereocenters. The van der Waals surface area contributed by atoms with Crippen molar-refractivity contribution in [3.8, 4) is 11.5 Å². The summed E-state index contributed by atoms with van der Waals surface area (Å²) in [6, 6.07) is 22.9. The lowest BCUT2D eigenvalue weighted by atomic mass is 10.1. The van der Waals surface area contributed by atoms with E-state index < -0.39 is 18.0 Å². The van der Waals surface area contributed by atoms with Gasteiger partial charge < -0.3 is 14.8 Å². The monoisotopic (exact) mass is 377 g/mol. The zero-order valence-corrected chi connectivity index (χ0v) is 15.2. The average molecular weight is 377 g/mol. The lowest BCUT2D eigenvalue weighted by Crippen LogP contribution is -2.41. The van der Waals surface area contributed by atoms with Gasteiger partial charge in [0.15, 0.2) is 17.7 Å². The Kier molecular flexibility index (Phi) is 5.24. The van der Waals surface area contributed by atoms with Gasteiger partial charge in [0.05, 0.1) is 6.04 Å². The molecule has 1 N–H and O–H groups in total. The molecule has 3 aromatic carbocycles. The third-order valence-electron chi connectivity index (χ3n) is 4.70. The number of halogens is 1. The molecule has 1 amide bonds. The van der Waals surface area contributed by atoms with E-state index >= 15 is 0 Å². The summed E-state index contributed by atoms with van der Waals surface area (Å²) >= 11 is 0. The number of hydrogen-bond donors (Lipinski definition) is 1. The molecule has 2 atom stereocenters. The number of hydrogen-bond acceptors (Lipinski definition) is 3. The highest BCUT2D eigenvalue weighted by atomic mass is 19.1. The molecule has 4 rings (SSSR count). The fourth-order valence-corrected chi connectivity index (χ4v) is 3.23. The van der Waals surface area contributed by atoms with E-state index in [9.17, 15) is 9.18 Å². The Bertz CT molecular complexity index is 936. The van der Waals surface area contributed by atoms with Crippen molar-refractivity contribution in [3.05, 3.63) is 95.8 Å². The van der Waals surface area contributed by atoms with Crippen molar-refractivity contribution in [2.45, 2.75) is 18.6 Å². The first-order valence-electron chi connectivity index (χ1n) is 9.18. The van der Waals surface area contributed by atoms with Crippen LogP contribution in [0.5, 0.6) is 11.5 Å². The molecular weight excluding hydrogens is 357 g/mol. The largest absolute Gasteiger partial charge is 0.488 e. The number of amides is 1. The summed E-state index contributed by atoms with van der Waals surface area (Å²) in [5.41, 5.74) is 1.89. The zero-order valence-electron chi connectivity index (χ0n) is 15.2. The Balaban J connectivity index is 1.47. The number of para-hydroxylation sites is 2. The van der Waals surface area contributed by atoms with Gasteiger partial charge in [-0.15, -0.1) is 0 Å². The van der Waals surface area contributed by atoms with Crippen LogP contribution in [0.2, 0.25) is 0 Å². The molecule has 3 aromatic rings. The number of nitrogens with one attached hydrogen (secondary N) is 1. The van der Waals surface area contributed by atoms with Crippen molar-refractivity contribution >= 4 is 5.91 Å². The molecular formula is C23H20FNO3. The van der Waals surface area contributed by atoms with Crippen LogP contribution in [0.3, 0.4) is 0 Å². The topological polar surface area (TPSA) is 47.6 Å². The zero-order chi connectivity index (χ0) is 19.3. The number of benzene rings is 3. The van der Waals surface area contributed by atoms with Crippen molar-refractivity contribution < 1.29 is 18.7 Å². The third kappa shape index (κ3) is 3.98. The Morgan fingerprint density at radius 2 is 1.75 bits per heavy atom. The molecule has 0 aliphatic carbocycles. The number of carbonyl (C=O) groups is 1. The van der Waals surface area contributed by atoms with Gasteiger partial charge in [0.1, 0.15) is 12.4 Å². The van der Waals surface area contributed by atoms with Gasteiger partial charge in [-0.3, -0.25) is 4.79 Å². The minimum absolute atomic E-state index is 0.107. The lowest BCUT2D eigenvalue weighted by Gasteiger charge is -2.22. The fraction of sp³-hybridized carbons (Fsp3) is 0.174. The maximum absolute atomic E-state index is 13.9. The maximum Gasteiger partial charge on any atom is 0.262 e. The van der Waals surface area contributed by atoms with Crippen molar-refractivity contribution in [1.29, 1.82) is 0 Å². The SMILES string of the molecule is O=C(NC(COc1ccccc1F)c1ccccc1)C1Cc2ccccc2O1. The first kappa shape index (κ1) is 18.0. The second-order valence-corrected chi connectivity index (χ2v) is 6.63. The van der Waals surface area contributed by atoms with E-state index in [1.54, 1.807) is 18.2 Å². The average Bonchev–Trinajstić information content (AvgIpc) is 3.17. The van der Waals surface area contributed by atoms with E-state index in [4.69, 9.17) is 9.47 Å². The first-order valence-corrected chi connectivity index (χ1v) is 9.18. The van der Waals surface area contributed by atoms with E-state index in [2.05, 4.69) is 5.32 Å². The molecule has 0 saturated heterocycles. The van der Waals surface area contributed by atoms with Crippen molar-refractivity contribution in [3.63, 3.8) is 0 Å². The molecule has 1 aliphatic rings. The quantitative estimate of drug-likeness (QED) is 0.705. The summed E-state index contributed by atoms with van der Waals surface area (Å²) in [7, 11) is 0. The predicted molar refractivity (Wildman–Crippen MR) is 104 cm³/mol. The summed E-state index contributed by atoms with van der Waals surface area (Å²) in [4.78, 5) is 12.8. The van der Waals surface area contributed by atoms with Gasteiger partial charge in [0.25, 0.3) is 5.91 Å². The molecule has 1 aliphatic heterocycles. The van der Waals surface area contributed by atoms with Crippen molar-refractivity contribution in [2.75, 3.05) is 6.61 Å². The standard InChI is InChI=1S/C23H20FNO3/c24-18-11-5-7-13-21(18)27-15-19(16-8-2-1-3-9-16)25-23(26)22-14-17-10-4-6-12-20(17)28-22/h1-13,19,22H,14-15H2,(H,25,26). The van der Waals surface area contributed by atoms with Gasteiger partial charge in [-0.2, -0.15) is 0 Å².